The molecule has 0 aliphatic heterocycles. The fraction of sp³-hybridized carbons (Fsp3) is 0.769. The lowest BCUT2D eigenvalue weighted by molar-refractivity contribution is 0.104. The Morgan fingerprint density at radius 2 is 2.12 bits per heavy atom. The fourth-order valence-corrected chi connectivity index (χ4v) is 4.20. The van der Waals surface area contributed by atoms with E-state index in [0.29, 0.717) is 0 Å². The van der Waals surface area contributed by atoms with E-state index < -0.39 is 0 Å². The van der Waals surface area contributed by atoms with Gasteiger partial charge >= 0.3 is 0 Å². The lowest BCUT2D eigenvalue weighted by Crippen LogP contribution is -2.50. The van der Waals surface area contributed by atoms with E-state index in [1.165, 1.54) is 34.8 Å². The van der Waals surface area contributed by atoms with Gasteiger partial charge in [0.15, 0.2) is 0 Å². The highest BCUT2D eigenvalue weighted by Crippen LogP contribution is 2.48. The standard InChI is InChI=1S/C13H20N2S/c1-8(2)9-6-13(14,7-9)12-15-10-4-3-5-11(10)16-12/h8-9H,3-7,14H2,1-2H3. The summed E-state index contributed by atoms with van der Waals surface area (Å²) in [7, 11) is 0. The van der Waals surface area contributed by atoms with Gasteiger partial charge in [0.05, 0.1) is 11.2 Å². The Bertz CT molecular complexity index is 381. The summed E-state index contributed by atoms with van der Waals surface area (Å²) < 4.78 is 0. The lowest BCUT2D eigenvalue weighted by atomic mass is 9.65. The maximum Gasteiger partial charge on any atom is 0.113 e. The van der Waals surface area contributed by atoms with Crippen LogP contribution in [0.2, 0.25) is 0 Å². The number of nitrogens with zero attached hydrogens (tertiary/aromatic N) is 1. The second-order valence-electron chi connectivity index (χ2n) is 5.81. The average Bonchev–Trinajstić information content (AvgIpc) is 2.70. The molecule has 0 atom stereocenters. The number of fused-ring (bicyclic) bond motifs is 1. The monoisotopic (exact) mass is 236 g/mol. The van der Waals surface area contributed by atoms with Crippen LogP contribution in [-0.4, -0.2) is 4.98 Å². The van der Waals surface area contributed by atoms with Crippen molar-refractivity contribution in [2.45, 2.75) is 51.5 Å². The first-order valence-corrected chi connectivity index (χ1v) is 7.18. The van der Waals surface area contributed by atoms with Gasteiger partial charge in [-0.3, -0.25) is 0 Å². The van der Waals surface area contributed by atoms with Gasteiger partial charge in [-0.05, 0) is 43.9 Å². The Hall–Kier alpha value is -0.410. The Morgan fingerprint density at radius 1 is 1.38 bits per heavy atom. The maximum atomic E-state index is 6.46. The van der Waals surface area contributed by atoms with Crippen LogP contribution in [0.3, 0.4) is 0 Å². The van der Waals surface area contributed by atoms with Crippen molar-refractivity contribution in [1.29, 1.82) is 0 Å². The second kappa shape index (κ2) is 3.54. The van der Waals surface area contributed by atoms with E-state index in [2.05, 4.69) is 13.8 Å². The summed E-state index contributed by atoms with van der Waals surface area (Å²) in [4.78, 5) is 6.28. The van der Waals surface area contributed by atoms with Gasteiger partial charge in [-0.1, -0.05) is 13.8 Å². The number of aromatic nitrogens is 1. The Labute approximate surface area is 101 Å². The van der Waals surface area contributed by atoms with Crippen molar-refractivity contribution in [2.24, 2.45) is 17.6 Å². The molecule has 0 amide bonds. The van der Waals surface area contributed by atoms with Gasteiger partial charge < -0.3 is 5.73 Å². The quantitative estimate of drug-likeness (QED) is 0.857. The predicted octanol–water partition coefficient (Wildman–Crippen LogP) is 2.85. The molecule has 1 aromatic heterocycles. The summed E-state index contributed by atoms with van der Waals surface area (Å²) in [5.41, 5.74) is 7.73. The molecule has 1 heterocycles. The summed E-state index contributed by atoms with van der Waals surface area (Å²) in [5.74, 6) is 1.58. The molecule has 3 heteroatoms. The predicted molar refractivity (Wildman–Crippen MR) is 67.6 cm³/mol. The minimum Gasteiger partial charge on any atom is -0.319 e. The molecule has 0 saturated heterocycles. The highest BCUT2D eigenvalue weighted by atomic mass is 32.1. The molecule has 2 N–H and O–H groups in total. The van der Waals surface area contributed by atoms with E-state index in [0.717, 1.165) is 24.7 Å². The van der Waals surface area contributed by atoms with Gasteiger partial charge in [0.1, 0.15) is 5.01 Å². The smallest absolute Gasteiger partial charge is 0.113 e. The maximum absolute atomic E-state index is 6.46. The number of aryl methyl sites for hydroxylation is 2. The normalized spacial score (nSPS) is 32.9. The molecule has 0 radical (unpaired) electrons. The van der Waals surface area contributed by atoms with Crippen molar-refractivity contribution in [3.63, 3.8) is 0 Å². The SMILES string of the molecule is CC(C)C1CC(N)(c2nc3c(s2)CCC3)C1. The fourth-order valence-electron chi connectivity index (χ4n) is 2.93. The van der Waals surface area contributed by atoms with Gasteiger partial charge in [0.25, 0.3) is 0 Å². The molecule has 16 heavy (non-hydrogen) atoms. The molecule has 3 rings (SSSR count). The van der Waals surface area contributed by atoms with Crippen LogP contribution >= 0.6 is 11.3 Å². The third-order valence-corrected chi connectivity index (χ3v) is 5.59. The van der Waals surface area contributed by atoms with Crippen molar-refractivity contribution in [3.8, 4) is 0 Å². The third kappa shape index (κ3) is 1.52. The molecular formula is C13H20N2S. The summed E-state index contributed by atoms with van der Waals surface area (Å²) in [5, 5.41) is 1.22. The van der Waals surface area contributed by atoms with E-state index in [-0.39, 0.29) is 5.54 Å². The van der Waals surface area contributed by atoms with Crippen LogP contribution in [0.5, 0.6) is 0 Å². The van der Waals surface area contributed by atoms with Gasteiger partial charge in [-0.25, -0.2) is 4.98 Å². The molecule has 2 aliphatic rings. The van der Waals surface area contributed by atoms with Crippen LogP contribution in [0.15, 0.2) is 0 Å². The van der Waals surface area contributed by atoms with E-state index >= 15 is 0 Å². The Morgan fingerprint density at radius 3 is 2.75 bits per heavy atom. The minimum absolute atomic E-state index is 0.0794. The molecule has 2 aliphatic carbocycles. The van der Waals surface area contributed by atoms with E-state index in [1.807, 2.05) is 11.3 Å². The van der Waals surface area contributed by atoms with E-state index in [9.17, 15) is 0 Å². The lowest BCUT2D eigenvalue weighted by Gasteiger charge is -2.45. The van der Waals surface area contributed by atoms with Gasteiger partial charge in [0, 0.05) is 4.88 Å². The van der Waals surface area contributed by atoms with Crippen LogP contribution in [0, 0.1) is 11.8 Å². The molecule has 0 bridgehead atoms. The van der Waals surface area contributed by atoms with Gasteiger partial charge in [-0.2, -0.15) is 0 Å². The summed E-state index contributed by atoms with van der Waals surface area (Å²) >= 11 is 1.88. The van der Waals surface area contributed by atoms with Crippen LogP contribution in [0.4, 0.5) is 0 Å². The first-order chi connectivity index (χ1) is 7.58. The zero-order valence-corrected chi connectivity index (χ0v) is 10.9. The van der Waals surface area contributed by atoms with Crippen molar-refractivity contribution >= 4 is 11.3 Å². The molecule has 1 fully saturated rings. The van der Waals surface area contributed by atoms with Crippen LogP contribution < -0.4 is 5.73 Å². The minimum atomic E-state index is -0.0794. The van der Waals surface area contributed by atoms with Crippen LogP contribution in [0.25, 0.3) is 0 Å². The van der Waals surface area contributed by atoms with Gasteiger partial charge in [-0.15, -0.1) is 11.3 Å². The molecule has 1 aromatic rings. The summed E-state index contributed by atoms with van der Waals surface area (Å²) in [6, 6.07) is 0. The van der Waals surface area contributed by atoms with Crippen molar-refractivity contribution in [3.05, 3.63) is 15.6 Å². The molecule has 0 unspecified atom stereocenters. The molecule has 0 spiro atoms. The second-order valence-corrected chi connectivity index (χ2v) is 6.89. The van der Waals surface area contributed by atoms with Crippen molar-refractivity contribution in [1.82, 2.24) is 4.98 Å². The number of hydrogen-bond acceptors (Lipinski definition) is 3. The zero-order valence-electron chi connectivity index (χ0n) is 10.1. The summed E-state index contributed by atoms with van der Waals surface area (Å²) in [6.07, 6.45) is 5.97. The molecule has 2 nitrogen and oxygen atoms in total. The van der Waals surface area contributed by atoms with Gasteiger partial charge in [0.2, 0.25) is 0 Å². The van der Waals surface area contributed by atoms with E-state index in [1.54, 1.807) is 0 Å². The molecular weight excluding hydrogens is 216 g/mol. The Kier molecular flexibility index (Phi) is 2.37. The first-order valence-electron chi connectivity index (χ1n) is 6.36. The topological polar surface area (TPSA) is 38.9 Å². The largest absolute Gasteiger partial charge is 0.319 e. The number of hydrogen-bond donors (Lipinski definition) is 1. The number of rotatable bonds is 2. The highest BCUT2D eigenvalue weighted by molar-refractivity contribution is 7.12. The molecule has 88 valence electrons. The van der Waals surface area contributed by atoms with Crippen LogP contribution in [-0.2, 0) is 18.4 Å². The molecule has 0 aromatic carbocycles. The molecule has 1 saturated carbocycles. The zero-order chi connectivity index (χ0) is 11.3. The number of nitrogens with two attached hydrogens (primary N) is 1. The highest BCUT2D eigenvalue weighted by Gasteiger charge is 2.46. The first kappa shape index (κ1) is 10.7. The van der Waals surface area contributed by atoms with Crippen molar-refractivity contribution in [2.75, 3.05) is 0 Å². The Balaban J connectivity index is 1.78. The average molecular weight is 236 g/mol. The van der Waals surface area contributed by atoms with Crippen molar-refractivity contribution < 1.29 is 0 Å². The summed E-state index contributed by atoms with van der Waals surface area (Å²) in [6.45, 7) is 4.60. The van der Waals surface area contributed by atoms with Crippen LogP contribution in [0.1, 0.15) is 48.7 Å². The van der Waals surface area contributed by atoms with E-state index in [4.69, 9.17) is 10.7 Å². The number of thiazole rings is 1. The third-order valence-electron chi connectivity index (χ3n) is 4.22.